The van der Waals surface area contributed by atoms with Gasteiger partial charge in [-0.05, 0) is 62.2 Å². The first-order valence-electron chi connectivity index (χ1n) is 7.34. The zero-order valence-corrected chi connectivity index (χ0v) is 12.0. The maximum absolute atomic E-state index is 13.4. The van der Waals surface area contributed by atoms with Gasteiger partial charge < -0.3 is 5.32 Å². The first kappa shape index (κ1) is 15.0. The van der Waals surface area contributed by atoms with E-state index in [1.165, 1.54) is 25.0 Å². The molecule has 0 bridgehead atoms. The molecule has 1 unspecified atom stereocenters. The molecule has 0 aromatic heterocycles. The lowest BCUT2D eigenvalue weighted by Gasteiger charge is -2.32. The number of hydrogen-bond acceptors (Lipinski definition) is 3. The molecular weight excluding hydrogens is 253 g/mol. The van der Waals surface area contributed by atoms with Crippen molar-refractivity contribution in [3.63, 3.8) is 0 Å². The van der Waals surface area contributed by atoms with E-state index >= 15 is 0 Å². The summed E-state index contributed by atoms with van der Waals surface area (Å²) in [7, 11) is 0. The van der Waals surface area contributed by atoms with Crippen LogP contribution in [-0.4, -0.2) is 31.1 Å². The van der Waals surface area contributed by atoms with Crippen molar-refractivity contribution in [2.24, 2.45) is 5.92 Å². The van der Waals surface area contributed by atoms with Crippen LogP contribution in [0.5, 0.6) is 0 Å². The molecule has 108 valence electrons. The third-order valence-corrected chi connectivity index (χ3v) is 3.78. The molecule has 1 aromatic rings. The lowest BCUT2D eigenvalue weighted by Crippen LogP contribution is -2.39. The third-order valence-electron chi connectivity index (χ3n) is 3.78. The van der Waals surface area contributed by atoms with Gasteiger partial charge in [0, 0.05) is 13.1 Å². The summed E-state index contributed by atoms with van der Waals surface area (Å²) in [6.07, 6.45) is 2.45. The van der Waals surface area contributed by atoms with Gasteiger partial charge >= 0.3 is 0 Å². The highest BCUT2D eigenvalue weighted by molar-refractivity contribution is 5.33. The maximum atomic E-state index is 13.4. The van der Waals surface area contributed by atoms with Crippen molar-refractivity contribution in [3.8, 4) is 6.07 Å². The minimum Gasteiger partial charge on any atom is -0.317 e. The van der Waals surface area contributed by atoms with Crippen LogP contribution in [0.15, 0.2) is 18.2 Å². The highest BCUT2D eigenvalue weighted by Gasteiger charge is 2.19. The molecule has 1 aromatic carbocycles. The summed E-state index contributed by atoms with van der Waals surface area (Å²) in [5.41, 5.74) is 1.30. The predicted molar refractivity (Wildman–Crippen MR) is 77.7 cm³/mol. The van der Waals surface area contributed by atoms with Crippen LogP contribution in [0.1, 0.15) is 30.9 Å². The van der Waals surface area contributed by atoms with E-state index in [1.807, 2.05) is 6.07 Å². The molecule has 1 saturated heterocycles. The summed E-state index contributed by atoms with van der Waals surface area (Å²) in [5, 5.41) is 12.3. The summed E-state index contributed by atoms with van der Waals surface area (Å²) in [4.78, 5) is 2.36. The normalized spacial score (nSPS) is 19.8. The molecule has 0 saturated carbocycles. The average Bonchev–Trinajstić information content (AvgIpc) is 2.45. The van der Waals surface area contributed by atoms with Gasteiger partial charge in [0.2, 0.25) is 0 Å². The third kappa shape index (κ3) is 4.29. The number of halogens is 1. The number of hydrogen-bond donors (Lipinski definition) is 1. The maximum Gasteiger partial charge on any atom is 0.124 e. The molecule has 0 aliphatic carbocycles. The Balaban J connectivity index is 1.95. The fraction of sp³-hybridized carbons (Fsp3) is 0.562. The molecule has 1 fully saturated rings. The molecule has 1 aliphatic heterocycles. The molecule has 4 heteroatoms. The highest BCUT2D eigenvalue weighted by atomic mass is 19.1. The Morgan fingerprint density at radius 3 is 3.05 bits per heavy atom. The molecule has 20 heavy (non-hydrogen) atoms. The van der Waals surface area contributed by atoms with Crippen molar-refractivity contribution >= 4 is 0 Å². The lowest BCUT2D eigenvalue weighted by atomic mass is 9.97. The van der Waals surface area contributed by atoms with Crippen molar-refractivity contribution in [3.05, 3.63) is 35.1 Å². The summed E-state index contributed by atoms with van der Waals surface area (Å²) < 4.78 is 13.4. The molecule has 1 heterocycles. The van der Waals surface area contributed by atoms with Crippen LogP contribution in [0.25, 0.3) is 0 Å². The SMILES string of the molecule is CCNCC1CCCN(Cc2cc(F)cc(C#N)c2)C1. The van der Waals surface area contributed by atoms with Crippen LogP contribution >= 0.6 is 0 Å². The highest BCUT2D eigenvalue weighted by Crippen LogP contribution is 2.19. The van der Waals surface area contributed by atoms with Gasteiger partial charge in [0.25, 0.3) is 0 Å². The Morgan fingerprint density at radius 1 is 1.45 bits per heavy atom. The number of benzene rings is 1. The predicted octanol–water partition coefficient (Wildman–Crippen LogP) is 2.52. The monoisotopic (exact) mass is 275 g/mol. The van der Waals surface area contributed by atoms with E-state index in [2.05, 4.69) is 17.1 Å². The van der Waals surface area contributed by atoms with Crippen LogP contribution in [0.3, 0.4) is 0 Å². The van der Waals surface area contributed by atoms with E-state index in [-0.39, 0.29) is 5.82 Å². The van der Waals surface area contributed by atoms with Crippen LogP contribution < -0.4 is 5.32 Å². The Labute approximate surface area is 120 Å². The van der Waals surface area contributed by atoms with Crippen molar-refractivity contribution in [1.29, 1.82) is 5.26 Å². The molecular formula is C16H22FN3. The van der Waals surface area contributed by atoms with E-state index in [1.54, 1.807) is 6.07 Å². The minimum atomic E-state index is -0.319. The first-order valence-corrected chi connectivity index (χ1v) is 7.34. The molecule has 3 nitrogen and oxygen atoms in total. The Hall–Kier alpha value is -1.44. The van der Waals surface area contributed by atoms with Crippen molar-refractivity contribution < 1.29 is 4.39 Å². The van der Waals surface area contributed by atoms with Gasteiger partial charge in [-0.1, -0.05) is 6.92 Å². The minimum absolute atomic E-state index is 0.319. The van der Waals surface area contributed by atoms with E-state index in [9.17, 15) is 4.39 Å². The summed E-state index contributed by atoms with van der Waals surface area (Å²) in [6.45, 7) is 7.02. The van der Waals surface area contributed by atoms with E-state index < -0.39 is 0 Å². The van der Waals surface area contributed by atoms with Gasteiger partial charge in [-0.2, -0.15) is 5.26 Å². The second-order valence-electron chi connectivity index (χ2n) is 5.51. The van der Waals surface area contributed by atoms with Crippen LogP contribution in [0.4, 0.5) is 4.39 Å². The molecule has 0 amide bonds. The van der Waals surface area contributed by atoms with Gasteiger partial charge in [0.1, 0.15) is 5.82 Å². The fourth-order valence-electron chi connectivity index (χ4n) is 2.87. The lowest BCUT2D eigenvalue weighted by molar-refractivity contribution is 0.165. The summed E-state index contributed by atoms with van der Waals surface area (Å²) >= 11 is 0. The number of nitriles is 1. The second-order valence-corrected chi connectivity index (χ2v) is 5.51. The van der Waals surface area contributed by atoms with Crippen LogP contribution in [0, 0.1) is 23.1 Å². The van der Waals surface area contributed by atoms with Gasteiger partial charge in [-0.25, -0.2) is 4.39 Å². The van der Waals surface area contributed by atoms with Crippen molar-refractivity contribution in [1.82, 2.24) is 10.2 Å². The zero-order valence-electron chi connectivity index (χ0n) is 12.0. The van der Waals surface area contributed by atoms with Gasteiger partial charge in [-0.15, -0.1) is 0 Å². The smallest absolute Gasteiger partial charge is 0.124 e. The van der Waals surface area contributed by atoms with Gasteiger partial charge in [0.05, 0.1) is 11.6 Å². The molecule has 0 spiro atoms. The van der Waals surface area contributed by atoms with Crippen LogP contribution in [0.2, 0.25) is 0 Å². The zero-order chi connectivity index (χ0) is 14.4. The summed E-state index contributed by atoms with van der Waals surface area (Å²) in [6, 6.07) is 6.62. The molecule has 0 radical (unpaired) electrons. The number of rotatable bonds is 5. The Morgan fingerprint density at radius 2 is 2.30 bits per heavy atom. The van der Waals surface area contributed by atoms with E-state index in [0.717, 1.165) is 38.3 Å². The topological polar surface area (TPSA) is 39.1 Å². The van der Waals surface area contributed by atoms with Crippen LogP contribution in [-0.2, 0) is 6.54 Å². The first-order chi connectivity index (χ1) is 9.71. The number of nitrogens with zero attached hydrogens (tertiary/aromatic N) is 2. The number of likely N-dealkylation sites (tertiary alicyclic amines) is 1. The molecule has 2 rings (SSSR count). The van der Waals surface area contributed by atoms with Gasteiger partial charge in [0.15, 0.2) is 0 Å². The largest absolute Gasteiger partial charge is 0.317 e. The fourth-order valence-corrected chi connectivity index (χ4v) is 2.87. The molecule has 1 atom stereocenters. The van der Waals surface area contributed by atoms with E-state index in [4.69, 9.17) is 5.26 Å². The van der Waals surface area contributed by atoms with Gasteiger partial charge in [-0.3, -0.25) is 4.90 Å². The molecule has 1 aliphatic rings. The molecule has 1 N–H and O–H groups in total. The number of piperidine rings is 1. The van der Waals surface area contributed by atoms with Crippen molar-refractivity contribution in [2.45, 2.75) is 26.3 Å². The Kier molecular flexibility index (Phi) is 5.51. The quantitative estimate of drug-likeness (QED) is 0.897. The Bertz CT molecular complexity index is 481. The number of nitrogens with one attached hydrogen (secondary N) is 1. The summed E-state index contributed by atoms with van der Waals surface area (Å²) in [5.74, 6) is 0.355. The van der Waals surface area contributed by atoms with Crippen molar-refractivity contribution in [2.75, 3.05) is 26.2 Å². The van der Waals surface area contributed by atoms with E-state index in [0.29, 0.717) is 11.5 Å². The average molecular weight is 275 g/mol. The standard InChI is InChI=1S/C16H22FN3/c1-2-19-10-13-4-3-5-20(11-13)12-15-6-14(9-18)7-16(17)8-15/h6-8,13,19H,2-5,10-12H2,1H3. The second kappa shape index (κ2) is 7.37.